The first-order chi connectivity index (χ1) is 15.6. The molecule has 1 N–H and O–H groups in total. The van der Waals surface area contributed by atoms with Gasteiger partial charge < -0.3 is 10.1 Å². The molecule has 2 atom stereocenters. The van der Waals surface area contributed by atoms with Gasteiger partial charge in [0.1, 0.15) is 17.7 Å². The van der Waals surface area contributed by atoms with Gasteiger partial charge in [0.2, 0.25) is 0 Å². The SMILES string of the molecule is O=C1C(Cl)C2(C(=O)Nc3ccccc32)N1c1nc2c(s1)COc1c-2ccc2ccccc12. The molecule has 1 fully saturated rings. The molecule has 3 aromatic carbocycles. The van der Waals surface area contributed by atoms with Crippen molar-refractivity contribution in [2.45, 2.75) is 17.5 Å². The molecule has 2 unspecified atom stereocenters. The van der Waals surface area contributed by atoms with E-state index in [0.29, 0.717) is 23.0 Å². The number of benzene rings is 3. The topological polar surface area (TPSA) is 71.5 Å². The fourth-order valence-electron chi connectivity index (χ4n) is 4.96. The second kappa shape index (κ2) is 6.09. The summed E-state index contributed by atoms with van der Waals surface area (Å²) in [7, 11) is 0. The zero-order valence-electron chi connectivity index (χ0n) is 16.5. The first kappa shape index (κ1) is 18.2. The maximum absolute atomic E-state index is 13.1. The summed E-state index contributed by atoms with van der Waals surface area (Å²) in [6.07, 6.45) is 0. The summed E-state index contributed by atoms with van der Waals surface area (Å²) in [5.74, 6) is 0.148. The number of nitrogens with zero attached hydrogens (tertiary/aromatic N) is 2. The lowest BCUT2D eigenvalue weighted by atomic mass is 9.78. The highest BCUT2D eigenvalue weighted by Gasteiger charge is 2.70. The smallest absolute Gasteiger partial charge is 0.257 e. The molecule has 8 heteroatoms. The van der Waals surface area contributed by atoms with Crippen LogP contribution in [0.2, 0.25) is 0 Å². The number of carbonyl (C=O) groups excluding carboxylic acids is 2. The predicted octanol–water partition coefficient (Wildman–Crippen LogP) is 4.66. The Morgan fingerprint density at radius 3 is 2.81 bits per heavy atom. The minimum Gasteiger partial charge on any atom is -0.487 e. The predicted molar refractivity (Wildman–Crippen MR) is 123 cm³/mol. The number of para-hydroxylation sites is 1. The van der Waals surface area contributed by atoms with Crippen LogP contribution in [-0.4, -0.2) is 22.2 Å². The Balaban J connectivity index is 1.40. The van der Waals surface area contributed by atoms with Gasteiger partial charge in [0.25, 0.3) is 11.8 Å². The fraction of sp³-hybridized carbons (Fsp3) is 0.125. The van der Waals surface area contributed by atoms with Crippen molar-refractivity contribution in [3.63, 3.8) is 0 Å². The standard InChI is InChI=1S/C24H14ClN3O3S/c25-20-21(29)28(24(20)15-7-3-4-8-16(15)26-22(24)30)23-27-18-14-10-9-12-5-1-2-6-13(12)19(14)31-11-17(18)32-23/h1-10,20H,11H2,(H,26,30). The van der Waals surface area contributed by atoms with Crippen molar-refractivity contribution in [1.29, 1.82) is 0 Å². The van der Waals surface area contributed by atoms with E-state index in [1.54, 1.807) is 0 Å². The Hall–Kier alpha value is -3.42. The molecule has 4 aromatic rings. The zero-order valence-corrected chi connectivity index (χ0v) is 18.0. The summed E-state index contributed by atoms with van der Waals surface area (Å²) in [5, 5.41) is 4.45. The fourth-order valence-corrected chi connectivity index (χ4v) is 6.43. The van der Waals surface area contributed by atoms with Gasteiger partial charge in [0.05, 0.1) is 10.6 Å². The molecule has 0 bridgehead atoms. The summed E-state index contributed by atoms with van der Waals surface area (Å²) in [5.41, 5.74) is 1.74. The van der Waals surface area contributed by atoms with E-state index in [2.05, 4.69) is 5.32 Å². The van der Waals surface area contributed by atoms with Gasteiger partial charge in [0.15, 0.2) is 10.7 Å². The number of carbonyl (C=O) groups is 2. The van der Waals surface area contributed by atoms with Crippen LogP contribution in [0, 0.1) is 0 Å². The minimum absolute atomic E-state index is 0.311. The molecule has 1 aromatic heterocycles. The van der Waals surface area contributed by atoms with Crippen LogP contribution in [0.3, 0.4) is 0 Å². The number of aromatic nitrogens is 1. The first-order valence-electron chi connectivity index (χ1n) is 10.1. The van der Waals surface area contributed by atoms with Crippen LogP contribution in [0.4, 0.5) is 10.8 Å². The number of hydrogen-bond donors (Lipinski definition) is 1. The van der Waals surface area contributed by atoms with Crippen molar-refractivity contribution in [3.8, 4) is 17.0 Å². The molecule has 32 heavy (non-hydrogen) atoms. The molecular weight excluding hydrogens is 446 g/mol. The van der Waals surface area contributed by atoms with Gasteiger partial charge in [-0.05, 0) is 17.5 Å². The third-order valence-electron chi connectivity index (χ3n) is 6.45. The lowest BCUT2D eigenvalue weighted by Crippen LogP contribution is -2.73. The van der Waals surface area contributed by atoms with Gasteiger partial charge in [-0.25, -0.2) is 4.98 Å². The Morgan fingerprint density at radius 1 is 1.09 bits per heavy atom. The number of ether oxygens (including phenoxy) is 1. The highest BCUT2D eigenvalue weighted by Crippen LogP contribution is 2.55. The maximum Gasteiger partial charge on any atom is 0.257 e. The van der Waals surface area contributed by atoms with Gasteiger partial charge >= 0.3 is 0 Å². The summed E-state index contributed by atoms with van der Waals surface area (Å²) in [4.78, 5) is 33.3. The molecule has 1 spiro atoms. The Kier molecular flexibility index (Phi) is 3.46. The summed E-state index contributed by atoms with van der Waals surface area (Å²) >= 11 is 7.86. The number of β-lactam (4-membered cyclic amide) rings is 1. The summed E-state index contributed by atoms with van der Waals surface area (Å²) < 4.78 is 6.11. The van der Waals surface area contributed by atoms with Crippen molar-refractivity contribution in [1.82, 2.24) is 4.98 Å². The normalized spacial score (nSPS) is 22.8. The number of anilines is 2. The molecule has 3 aliphatic heterocycles. The summed E-state index contributed by atoms with van der Waals surface area (Å²) in [6.45, 7) is 0.357. The van der Waals surface area contributed by atoms with Gasteiger partial charge in [-0.2, -0.15) is 0 Å². The average molecular weight is 460 g/mol. The van der Waals surface area contributed by atoms with Crippen LogP contribution in [0.5, 0.6) is 5.75 Å². The van der Waals surface area contributed by atoms with Crippen LogP contribution in [0.1, 0.15) is 10.4 Å². The van der Waals surface area contributed by atoms with Gasteiger partial charge in [0, 0.05) is 22.2 Å². The molecular formula is C24H14ClN3O3S. The minimum atomic E-state index is -1.29. The molecule has 0 aliphatic carbocycles. The van der Waals surface area contributed by atoms with E-state index in [9.17, 15) is 9.59 Å². The first-order valence-corrected chi connectivity index (χ1v) is 11.4. The molecule has 1 saturated heterocycles. The van der Waals surface area contributed by atoms with E-state index >= 15 is 0 Å². The van der Waals surface area contributed by atoms with Gasteiger partial charge in [-0.15, -0.1) is 11.6 Å². The quantitative estimate of drug-likeness (QED) is 0.332. The summed E-state index contributed by atoms with van der Waals surface area (Å²) in [6, 6.07) is 19.4. The van der Waals surface area contributed by atoms with E-state index in [0.717, 1.165) is 32.7 Å². The molecule has 6 nitrogen and oxygen atoms in total. The lowest BCUT2D eigenvalue weighted by Gasteiger charge is -2.49. The number of alkyl halides is 1. The van der Waals surface area contributed by atoms with Crippen molar-refractivity contribution in [2.75, 3.05) is 10.2 Å². The van der Waals surface area contributed by atoms with E-state index < -0.39 is 10.9 Å². The van der Waals surface area contributed by atoms with Crippen LogP contribution in [-0.2, 0) is 21.7 Å². The maximum atomic E-state index is 13.1. The molecule has 156 valence electrons. The number of thiazole rings is 1. The van der Waals surface area contributed by atoms with E-state index in [-0.39, 0.29) is 11.8 Å². The molecule has 2 amide bonds. The molecule has 0 radical (unpaired) electrons. The largest absolute Gasteiger partial charge is 0.487 e. The number of hydrogen-bond acceptors (Lipinski definition) is 5. The molecule has 0 saturated carbocycles. The van der Waals surface area contributed by atoms with Gasteiger partial charge in [-0.1, -0.05) is 59.9 Å². The number of fused-ring (bicyclic) bond motifs is 7. The number of nitrogens with one attached hydrogen (secondary N) is 1. The van der Waals surface area contributed by atoms with Crippen molar-refractivity contribution in [3.05, 3.63) is 71.1 Å². The molecule has 7 rings (SSSR count). The Labute approximate surface area is 191 Å². The van der Waals surface area contributed by atoms with Crippen LogP contribution < -0.4 is 15.0 Å². The number of rotatable bonds is 1. The van der Waals surface area contributed by atoms with Crippen LogP contribution >= 0.6 is 22.9 Å². The Morgan fingerprint density at radius 2 is 1.91 bits per heavy atom. The van der Waals surface area contributed by atoms with E-state index in [1.165, 1.54) is 16.2 Å². The molecule has 3 aliphatic rings. The highest BCUT2D eigenvalue weighted by molar-refractivity contribution is 7.16. The van der Waals surface area contributed by atoms with E-state index in [1.807, 2.05) is 60.7 Å². The Bertz CT molecular complexity index is 1500. The third kappa shape index (κ3) is 2.03. The zero-order chi connectivity index (χ0) is 21.6. The third-order valence-corrected chi connectivity index (χ3v) is 7.96. The van der Waals surface area contributed by atoms with Crippen molar-refractivity contribution >= 4 is 56.3 Å². The van der Waals surface area contributed by atoms with Crippen LogP contribution in [0.15, 0.2) is 60.7 Å². The molecule has 4 heterocycles. The number of halogens is 1. The van der Waals surface area contributed by atoms with Gasteiger partial charge in [-0.3, -0.25) is 14.5 Å². The average Bonchev–Trinajstić information content (AvgIpc) is 3.38. The van der Waals surface area contributed by atoms with Crippen LogP contribution in [0.25, 0.3) is 22.0 Å². The second-order valence-corrected chi connectivity index (χ2v) is 9.52. The van der Waals surface area contributed by atoms with Crippen molar-refractivity contribution in [2.24, 2.45) is 0 Å². The second-order valence-electron chi connectivity index (χ2n) is 8.02. The highest BCUT2D eigenvalue weighted by atomic mass is 35.5. The monoisotopic (exact) mass is 459 g/mol. The van der Waals surface area contributed by atoms with Crippen molar-refractivity contribution < 1.29 is 14.3 Å². The lowest BCUT2D eigenvalue weighted by molar-refractivity contribution is -0.136. The number of amides is 2. The van der Waals surface area contributed by atoms with E-state index in [4.69, 9.17) is 21.3 Å².